The SMILES string of the molecule is O=C(O)C[C@H](NC(=O)[C@H](CCCCNC(=O)c1ccc(Nc2cnc3ccccc3n2)cc1)c1cccs1)C(=O)CS. The van der Waals surface area contributed by atoms with E-state index in [9.17, 15) is 19.2 Å². The largest absolute Gasteiger partial charge is 0.481 e. The fourth-order valence-corrected chi connectivity index (χ4v) is 5.42. The number of carboxylic acids is 1. The molecule has 0 radical (unpaired) electrons. The predicted octanol–water partition coefficient (Wildman–Crippen LogP) is 4.58. The molecule has 0 saturated carbocycles. The first kappa shape index (κ1) is 30.7. The number of carboxylic acid groups (broad SMARTS) is 1. The lowest BCUT2D eigenvalue weighted by Gasteiger charge is -2.20. The van der Waals surface area contributed by atoms with Crippen molar-refractivity contribution >= 4 is 70.1 Å². The van der Waals surface area contributed by atoms with Crippen molar-refractivity contribution in [3.63, 3.8) is 0 Å². The van der Waals surface area contributed by atoms with Gasteiger partial charge in [-0.25, -0.2) is 4.98 Å². The van der Waals surface area contributed by atoms with Crippen molar-refractivity contribution in [1.29, 1.82) is 0 Å². The number of thiol groups is 1. The number of carbonyl (C=O) groups excluding carboxylic acids is 3. The number of carbonyl (C=O) groups is 4. The van der Waals surface area contributed by atoms with Crippen molar-refractivity contribution in [2.24, 2.45) is 0 Å². The monoisotopic (exact) mass is 605 g/mol. The maximum atomic E-state index is 13.1. The number of ketones is 1. The van der Waals surface area contributed by atoms with E-state index in [2.05, 4.69) is 38.5 Å². The number of aromatic nitrogens is 2. The highest BCUT2D eigenvalue weighted by atomic mass is 32.1. The number of Topliss-reactive ketones (excluding diaryl/α,β-unsaturated/α-hetero) is 1. The molecule has 4 aromatic rings. The van der Waals surface area contributed by atoms with Crippen LogP contribution in [-0.4, -0.2) is 57.0 Å². The Morgan fingerprint density at radius 1 is 0.952 bits per heavy atom. The van der Waals surface area contributed by atoms with Crippen LogP contribution in [0.4, 0.5) is 11.5 Å². The van der Waals surface area contributed by atoms with Crippen molar-refractivity contribution in [2.75, 3.05) is 17.6 Å². The zero-order valence-electron chi connectivity index (χ0n) is 22.7. The second-order valence-electron chi connectivity index (χ2n) is 9.55. The summed E-state index contributed by atoms with van der Waals surface area (Å²) in [6, 6.07) is 17.2. The third kappa shape index (κ3) is 8.60. The van der Waals surface area contributed by atoms with Gasteiger partial charge in [-0.3, -0.25) is 24.2 Å². The number of nitrogens with zero attached hydrogens (tertiary/aromatic N) is 2. The molecule has 2 aromatic carbocycles. The number of para-hydroxylation sites is 2. The van der Waals surface area contributed by atoms with Crippen LogP contribution in [0.3, 0.4) is 0 Å². The molecule has 0 fully saturated rings. The van der Waals surface area contributed by atoms with Gasteiger partial charge in [0.2, 0.25) is 5.91 Å². The molecule has 0 aliphatic heterocycles. The van der Waals surface area contributed by atoms with Crippen LogP contribution in [-0.2, 0) is 14.4 Å². The summed E-state index contributed by atoms with van der Waals surface area (Å²) in [4.78, 5) is 58.8. The third-order valence-electron chi connectivity index (χ3n) is 6.52. The molecule has 42 heavy (non-hydrogen) atoms. The fourth-order valence-electron chi connectivity index (χ4n) is 4.34. The van der Waals surface area contributed by atoms with E-state index >= 15 is 0 Å². The van der Waals surface area contributed by atoms with Crippen LogP contribution in [0.1, 0.15) is 46.8 Å². The van der Waals surface area contributed by atoms with Crippen LogP contribution < -0.4 is 16.0 Å². The molecule has 2 heterocycles. The molecule has 0 unspecified atom stereocenters. The highest BCUT2D eigenvalue weighted by molar-refractivity contribution is 7.81. The third-order valence-corrected chi connectivity index (χ3v) is 7.81. The Kier molecular flexibility index (Phi) is 11.0. The summed E-state index contributed by atoms with van der Waals surface area (Å²) in [5.74, 6) is -2.33. The number of anilines is 2. The Morgan fingerprint density at radius 2 is 1.71 bits per heavy atom. The molecule has 10 nitrogen and oxygen atoms in total. The molecule has 2 amide bonds. The van der Waals surface area contributed by atoms with Gasteiger partial charge in [0.1, 0.15) is 5.82 Å². The number of rotatable bonds is 15. The Morgan fingerprint density at radius 3 is 2.40 bits per heavy atom. The molecule has 2 aromatic heterocycles. The van der Waals surface area contributed by atoms with Crippen molar-refractivity contribution in [3.8, 4) is 0 Å². The van der Waals surface area contributed by atoms with Gasteiger partial charge >= 0.3 is 5.97 Å². The molecule has 0 aliphatic carbocycles. The van der Waals surface area contributed by atoms with E-state index in [1.54, 1.807) is 30.5 Å². The minimum Gasteiger partial charge on any atom is -0.481 e. The first-order chi connectivity index (χ1) is 20.3. The van der Waals surface area contributed by atoms with Crippen LogP contribution in [0.2, 0.25) is 0 Å². The van der Waals surface area contributed by atoms with Crippen LogP contribution in [0.5, 0.6) is 0 Å². The first-order valence-corrected chi connectivity index (χ1v) is 14.9. The Bertz CT molecular complexity index is 1530. The Balaban J connectivity index is 1.25. The van der Waals surface area contributed by atoms with E-state index in [4.69, 9.17) is 5.11 Å². The summed E-state index contributed by atoms with van der Waals surface area (Å²) in [6.45, 7) is 0.421. The van der Waals surface area contributed by atoms with Gasteiger partial charge in [0.15, 0.2) is 5.78 Å². The summed E-state index contributed by atoms with van der Waals surface area (Å²) in [7, 11) is 0. The molecular formula is C30H31N5O5S2. The van der Waals surface area contributed by atoms with E-state index in [1.807, 2.05) is 41.8 Å². The lowest BCUT2D eigenvalue weighted by Crippen LogP contribution is -2.44. The Labute approximate surface area is 252 Å². The maximum absolute atomic E-state index is 13.1. The number of hydrogen-bond donors (Lipinski definition) is 5. The number of aliphatic carboxylic acids is 1. The highest BCUT2D eigenvalue weighted by Gasteiger charge is 2.28. The van der Waals surface area contributed by atoms with E-state index < -0.39 is 36.0 Å². The smallest absolute Gasteiger partial charge is 0.305 e. The van der Waals surface area contributed by atoms with Gasteiger partial charge in [-0.05, 0) is 60.7 Å². The lowest BCUT2D eigenvalue weighted by molar-refractivity contribution is -0.140. The summed E-state index contributed by atoms with van der Waals surface area (Å²) in [6.07, 6.45) is 2.91. The number of benzene rings is 2. The molecule has 0 spiro atoms. The molecule has 0 bridgehead atoms. The molecule has 0 saturated heterocycles. The maximum Gasteiger partial charge on any atom is 0.305 e. The van der Waals surface area contributed by atoms with E-state index in [1.165, 1.54) is 11.3 Å². The quantitative estimate of drug-likeness (QED) is 0.0977. The van der Waals surface area contributed by atoms with Crippen molar-refractivity contribution in [1.82, 2.24) is 20.6 Å². The van der Waals surface area contributed by atoms with Crippen LogP contribution >= 0.6 is 24.0 Å². The number of amides is 2. The molecule has 0 aliphatic rings. The highest BCUT2D eigenvalue weighted by Crippen LogP contribution is 2.27. The zero-order valence-corrected chi connectivity index (χ0v) is 24.4. The molecule has 2 atom stereocenters. The van der Waals surface area contributed by atoms with E-state index in [0.29, 0.717) is 37.2 Å². The number of fused-ring (bicyclic) bond motifs is 1. The van der Waals surface area contributed by atoms with Gasteiger partial charge < -0.3 is 21.1 Å². The second-order valence-corrected chi connectivity index (χ2v) is 10.8. The Hall–Kier alpha value is -4.29. The number of thiophene rings is 1. The first-order valence-electron chi connectivity index (χ1n) is 13.4. The molecular weight excluding hydrogens is 574 g/mol. The average Bonchev–Trinajstić information content (AvgIpc) is 3.52. The molecule has 4 N–H and O–H groups in total. The van der Waals surface area contributed by atoms with Crippen LogP contribution in [0, 0.1) is 0 Å². The average molecular weight is 606 g/mol. The minimum absolute atomic E-state index is 0.167. The van der Waals surface area contributed by atoms with Gasteiger partial charge in [0, 0.05) is 22.7 Å². The lowest BCUT2D eigenvalue weighted by atomic mass is 9.98. The predicted molar refractivity (Wildman–Crippen MR) is 166 cm³/mol. The summed E-state index contributed by atoms with van der Waals surface area (Å²) in [5, 5.41) is 19.7. The number of unbranched alkanes of at least 4 members (excludes halogenated alkanes) is 1. The van der Waals surface area contributed by atoms with Gasteiger partial charge in [-0.15, -0.1) is 11.3 Å². The van der Waals surface area contributed by atoms with E-state index in [-0.39, 0.29) is 11.7 Å². The van der Waals surface area contributed by atoms with Gasteiger partial charge in [0.25, 0.3) is 5.91 Å². The zero-order chi connectivity index (χ0) is 29.9. The van der Waals surface area contributed by atoms with Gasteiger partial charge in [-0.1, -0.05) is 24.6 Å². The number of hydrogen-bond acceptors (Lipinski definition) is 9. The standard InChI is InChI=1S/C30H31N5O5S2/c36-25(18-41)24(16-28(37)38)35-30(40)21(26-9-5-15-42-26)6-3-4-14-31-29(39)19-10-12-20(13-11-19)33-27-17-32-22-7-1-2-8-23(22)34-27/h1-2,5,7-13,15,17,21,24,41H,3-4,6,14,16,18H2,(H,31,39)(H,33,34)(H,35,40)(H,37,38)/t21-,24+/m1/s1. The topological polar surface area (TPSA) is 150 Å². The van der Waals surface area contributed by atoms with Crippen molar-refractivity contribution in [2.45, 2.75) is 37.6 Å². The number of nitrogens with one attached hydrogen (secondary N) is 3. The summed E-state index contributed by atoms with van der Waals surface area (Å²) >= 11 is 5.36. The molecule has 4 rings (SSSR count). The molecule has 218 valence electrons. The van der Waals surface area contributed by atoms with Crippen LogP contribution in [0.15, 0.2) is 72.2 Å². The second kappa shape index (κ2) is 15.1. The minimum atomic E-state index is -1.18. The van der Waals surface area contributed by atoms with Crippen molar-refractivity contribution in [3.05, 3.63) is 82.7 Å². The van der Waals surface area contributed by atoms with E-state index in [0.717, 1.165) is 21.6 Å². The van der Waals surface area contributed by atoms with Crippen LogP contribution in [0.25, 0.3) is 11.0 Å². The van der Waals surface area contributed by atoms with Gasteiger partial charge in [-0.2, -0.15) is 12.6 Å². The molecule has 12 heteroatoms. The fraction of sp³-hybridized carbons (Fsp3) is 0.267. The summed E-state index contributed by atoms with van der Waals surface area (Å²) in [5.41, 5.74) is 2.88. The summed E-state index contributed by atoms with van der Waals surface area (Å²) < 4.78 is 0. The van der Waals surface area contributed by atoms with Gasteiger partial charge in [0.05, 0.1) is 41.4 Å². The normalized spacial score (nSPS) is 12.3. The van der Waals surface area contributed by atoms with Crippen molar-refractivity contribution < 1.29 is 24.3 Å².